The number of piperidine rings is 1. The molecular formula is C16H19NO3. The SMILES string of the molecule is CCOC(=O)C1C2CCN(Cc3ccccc3)C(=O)C21. The van der Waals surface area contributed by atoms with Crippen LogP contribution in [0.15, 0.2) is 30.3 Å². The van der Waals surface area contributed by atoms with Crippen molar-refractivity contribution in [2.24, 2.45) is 17.8 Å². The van der Waals surface area contributed by atoms with Crippen LogP contribution in [0.2, 0.25) is 0 Å². The number of fused-ring (bicyclic) bond motifs is 1. The van der Waals surface area contributed by atoms with Gasteiger partial charge in [-0.15, -0.1) is 0 Å². The fourth-order valence-electron chi connectivity index (χ4n) is 3.22. The zero-order chi connectivity index (χ0) is 14.1. The summed E-state index contributed by atoms with van der Waals surface area (Å²) in [6, 6.07) is 9.97. The number of benzene rings is 1. The number of ether oxygens (including phenoxy) is 1. The first-order chi connectivity index (χ1) is 9.72. The van der Waals surface area contributed by atoms with Gasteiger partial charge < -0.3 is 9.64 Å². The lowest BCUT2D eigenvalue weighted by Crippen LogP contribution is -2.36. The van der Waals surface area contributed by atoms with Crippen molar-refractivity contribution in [3.63, 3.8) is 0 Å². The molecule has 0 aromatic heterocycles. The van der Waals surface area contributed by atoms with Gasteiger partial charge in [0.15, 0.2) is 0 Å². The van der Waals surface area contributed by atoms with Gasteiger partial charge >= 0.3 is 5.97 Å². The average Bonchev–Trinajstić information content (AvgIpc) is 3.19. The maximum Gasteiger partial charge on any atom is 0.310 e. The van der Waals surface area contributed by atoms with Crippen LogP contribution in [-0.4, -0.2) is 29.9 Å². The minimum Gasteiger partial charge on any atom is -0.466 e. The number of carbonyl (C=O) groups excluding carboxylic acids is 2. The number of rotatable bonds is 4. The Morgan fingerprint density at radius 3 is 2.80 bits per heavy atom. The Hall–Kier alpha value is -1.84. The van der Waals surface area contributed by atoms with Gasteiger partial charge in [0.1, 0.15) is 0 Å². The summed E-state index contributed by atoms with van der Waals surface area (Å²) in [4.78, 5) is 26.1. The van der Waals surface area contributed by atoms with Crippen molar-refractivity contribution in [3.05, 3.63) is 35.9 Å². The third kappa shape index (κ3) is 2.30. The predicted octanol–water partition coefficient (Wildman–Crippen LogP) is 1.84. The molecule has 0 N–H and O–H groups in total. The normalized spacial score (nSPS) is 27.9. The Kier molecular flexibility index (Phi) is 3.47. The third-order valence-corrected chi connectivity index (χ3v) is 4.27. The molecule has 20 heavy (non-hydrogen) atoms. The number of hydrogen-bond donors (Lipinski definition) is 0. The van der Waals surface area contributed by atoms with E-state index in [2.05, 4.69) is 0 Å². The molecule has 1 aliphatic heterocycles. The Bertz CT molecular complexity index is 514. The second-order valence-corrected chi connectivity index (χ2v) is 5.50. The molecule has 1 heterocycles. The van der Waals surface area contributed by atoms with Gasteiger partial charge in [0.25, 0.3) is 0 Å². The highest BCUT2D eigenvalue weighted by Crippen LogP contribution is 2.53. The molecule has 2 fully saturated rings. The number of amides is 1. The Balaban J connectivity index is 1.64. The molecule has 4 nitrogen and oxygen atoms in total. The van der Waals surface area contributed by atoms with Crippen molar-refractivity contribution in [1.29, 1.82) is 0 Å². The lowest BCUT2D eigenvalue weighted by Gasteiger charge is -2.26. The van der Waals surface area contributed by atoms with Crippen LogP contribution in [0, 0.1) is 17.8 Å². The fraction of sp³-hybridized carbons (Fsp3) is 0.500. The summed E-state index contributed by atoms with van der Waals surface area (Å²) in [5.74, 6) is -0.191. The van der Waals surface area contributed by atoms with E-state index < -0.39 is 0 Å². The molecule has 106 valence electrons. The summed E-state index contributed by atoms with van der Waals surface area (Å²) in [6.45, 7) is 3.56. The quantitative estimate of drug-likeness (QED) is 0.786. The smallest absolute Gasteiger partial charge is 0.310 e. The number of hydrogen-bond acceptors (Lipinski definition) is 3. The van der Waals surface area contributed by atoms with E-state index in [-0.39, 0.29) is 29.6 Å². The molecule has 1 amide bonds. The number of esters is 1. The van der Waals surface area contributed by atoms with Crippen molar-refractivity contribution in [3.8, 4) is 0 Å². The highest BCUT2D eigenvalue weighted by atomic mass is 16.5. The zero-order valence-corrected chi connectivity index (χ0v) is 11.6. The van der Waals surface area contributed by atoms with Crippen LogP contribution >= 0.6 is 0 Å². The molecule has 3 unspecified atom stereocenters. The van der Waals surface area contributed by atoms with E-state index in [1.54, 1.807) is 6.92 Å². The van der Waals surface area contributed by atoms with Gasteiger partial charge in [-0.1, -0.05) is 30.3 Å². The average molecular weight is 273 g/mol. The second kappa shape index (κ2) is 5.27. The maximum atomic E-state index is 12.4. The van der Waals surface area contributed by atoms with Crippen LogP contribution in [0.1, 0.15) is 18.9 Å². The zero-order valence-electron chi connectivity index (χ0n) is 11.6. The van der Waals surface area contributed by atoms with Crippen molar-refractivity contribution >= 4 is 11.9 Å². The van der Waals surface area contributed by atoms with Crippen molar-refractivity contribution in [2.45, 2.75) is 19.9 Å². The first kappa shape index (κ1) is 13.2. The van der Waals surface area contributed by atoms with Crippen LogP contribution in [-0.2, 0) is 20.9 Å². The van der Waals surface area contributed by atoms with Crippen LogP contribution in [0.3, 0.4) is 0 Å². The van der Waals surface area contributed by atoms with E-state index in [4.69, 9.17) is 4.74 Å². The fourth-order valence-corrected chi connectivity index (χ4v) is 3.22. The number of likely N-dealkylation sites (tertiary alicyclic amines) is 1. The van der Waals surface area contributed by atoms with E-state index >= 15 is 0 Å². The lowest BCUT2D eigenvalue weighted by molar-refractivity contribution is -0.146. The van der Waals surface area contributed by atoms with Gasteiger partial charge in [0.05, 0.1) is 18.4 Å². The van der Waals surface area contributed by atoms with Crippen molar-refractivity contribution in [1.82, 2.24) is 4.90 Å². The van der Waals surface area contributed by atoms with E-state index in [1.165, 1.54) is 0 Å². The summed E-state index contributed by atoms with van der Waals surface area (Å²) < 4.78 is 5.05. The van der Waals surface area contributed by atoms with E-state index in [0.29, 0.717) is 13.2 Å². The standard InChI is InChI=1S/C16H19NO3/c1-2-20-16(19)14-12-8-9-17(15(18)13(12)14)10-11-6-4-3-5-7-11/h3-7,12-14H,2,8-10H2,1H3. The summed E-state index contributed by atoms with van der Waals surface area (Å²) in [5.41, 5.74) is 1.13. The number of carbonyl (C=O) groups is 2. The molecule has 2 aliphatic rings. The molecule has 0 bridgehead atoms. The van der Waals surface area contributed by atoms with Crippen LogP contribution in [0.5, 0.6) is 0 Å². The third-order valence-electron chi connectivity index (χ3n) is 4.27. The largest absolute Gasteiger partial charge is 0.466 e. The molecule has 0 radical (unpaired) electrons. The highest BCUT2D eigenvalue weighted by Gasteiger charge is 2.62. The van der Waals surface area contributed by atoms with E-state index in [9.17, 15) is 9.59 Å². The molecule has 1 aromatic carbocycles. The maximum absolute atomic E-state index is 12.4. The van der Waals surface area contributed by atoms with Gasteiger partial charge in [0.2, 0.25) is 5.91 Å². The molecule has 1 saturated carbocycles. The molecule has 1 aliphatic carbocycles. The Morgan fingerprint density at radius 2 is 2.10 bits per heavy atom. The summed E-state index contributed by atoms with van der Waals surface area (Å²) in [5, 5.41) is 0. The van der Waals surface area contributed by atoms with Crippen molar-refractivity contribution < 1.29 is 14.3 Å². The van der Waals surface area contributed by atoms with Gasteiger partial charge in [0, 0.05) is 13.1 Å². The monoisotopic (exact) mass is 273 g/mol. The summed E-state index contributed by atoms with van der Waals surface area (Å²) >= 11 is 0. The molecule has 3 atom stereocenters. The van der Waals surface area contributed by atoms with Crippen LogP contribution in [0.25, 0.3) is 0 Å². The molecule has 4 heteroatoms. The highest BCUT2D eigenvalue weighted by molar-refractivity contribution is 5.92. The molecule has 1 aromatic rings. The topological polar surface area (TPSA) is 46.6 Å². The lowest BCUT2D eigenvalue weighted by atomic mass is 10.1. The Labute approximate surface area is 118 Å². The molecule has 0 spiro atoms. The van der Waals surface area contributed by atoms with E-state index in [1.807, 2.05) is 35.2 Å². The Morgan fingerprint density at radius 1 is 1.35 bits per heavy atom. The minimum atomic E-state index is -0.197. The summed E-state index contributed by atoms with van der Waals surface area (Å²) in [6.07, 6.45) is 0.909. The number of nitrogens with zero attached hydrogens (tertiary/aromatic N) is 1. The van der Waals surface area contributed by atoms with Gasteiger partial charge in [-0.3, -0.25) is 9.59 Å². The first-order valence-electron chi connectivity index (χ1n) is 7.21. The predicted molar refractivity (Wildman–Crippen MR) is 73.6 cm³/mol. The second-order valence-electron chi connectivity index (χ2n) is 5.50. The van der Waals surface area contributed by atoms with Gasteiger partial charge in [-0.05, 0) is 24.8 Å². The van der Waals surface area contributed by atoms with Crippen LogP contribution in [0.4, 0.5) is 0 Å². The van der Waals surface area contributed by atoms with E-state index in [0.717, 1.165) is 18.5 Å². The van der Waals surface area contributed by atoms with Crippen LogP contribution < -0.4 is 0 Å². The minimum absolute atomic E-state index is 0.114. The van der Waals surface area contributed by atoms with Crippen molar-refractivity contribution in [2.75, 3.05) is 13.2 Å². The first-order valence-corrected chi connectivity index (χ1v) is 7.21. The summed E-state index contributed by atoms with van der Waals surface area (Å²) in [7, 11) is 0. The molecule has 1 saturated heterocycles. The van der Waals surface area contributed by atoms with Gasteiger partial charge in [-0.25, -0.2) is 0 Å². The molecule has 3 rings (SSSR count). The van der Waals surface area contributed by atoms with Gasteiger partial charge in [-0.2, -0.15) is 0 Å². The molecular weight excluding hydrogens is 254 g/mol.